The van der Waals surface area contributed by atoms with E-state index in [4.69, 9.17) is 0 Å². The highest BCUT2D eigenvalue weighted by molar-refractivity contribution is 9.11. The van der Waals surface area contributed by atoms with E-state index >= 15 is 0 Å². The van der Waals surface area contributed by atoms with Crippen LogP contribution in [0.15, 0.2) is 51.0 Å². The molecule has 24 heavy (non-hydrogen) atoms. The lowest BCUT2D eigenvalue weighted by atomic mass is 10.0. The number of pyridine rings is 1. The SMILES string of the molecule is N#Cc1c(-c2ccc(Br)s2)cc(-c2cccc([N+](=O)[O-])c2)[nH]c1=O. The summed E-state index contributed by atoms with van der Waals surface area (Å²) in [6, 6.07) is 13.2. The molecule has 0 atom stereocenters. The molecule has 0 bridgehead atoms. The van der Waals surface area contributed by atoms with Crippen molar-refractivity contribution >= 4 is 33.0 Å². The van der Waals surface area contributed by atoms with Crippen molar-refractivity contribution in [3.8, 4) is 27.8 Å². The van der Waals surface area contributed by atoms with Crippen LogP contribution in [0.4, 0.5) is 5.69 Å². The number of hydrogen-bond acceptors (Lipinski definition) is 5. The van der Waals surface area contributed by atoms with E-state index in [1.165, 1.54) is 23.5 Å². The first-order valence-electron chi connectivity index (χ1n) is 6.67. The Labute approximate surface area is 148 Å². The van der Waals surface area contributed by atoms with Crippen molar-refractivity contribution in [1.82, 2.24) is 4.98 Å². The molecule has 0 aliphatic carbocycles. The Morgan fingerprint density at radius 3 is 2.67 bits per heavy atom. The van der Waals surface area contributed by atoms with Crippen molar-refractivity contribution in [2.75, 3.05) is 0 Å². The number of nitrogens with zero attached hydrogens (tertiary/aromatic N) is 2. The molecule has 1 N–H and O–H groups in total. The minimum absolute atomic E-state index is 0.0125. The van der Waals surface area contributed by atoms with Crippen LogP contribution in [0.2, 0.25) is 0 Å². The average Bonchev–Trinajstić information content (AvgIpc) is 3.00. The molecule has 118 valence electrons. The Kier molecular flexibility index (Phi) is 4.29. The minimum Gasteiger partial charge on any atom is -0.321 e. The number of halogens is 1. The van der Waals surface area contributed by atoms with Gasteiger partial charge < -0.3 is 4.98 Å². The van der Waals surface area contributed by atoms with E-state index in [1.54, 1.807) is 18.2 Å². The van der Waals surface area contributed by atoms with Crippen LogP contribution in [-0.2, 0) is 0 Å². The lowest BCUT2D eigenvalue weighted by Gasteiger charge is -2.06. The number of hydrogen-bond donors (Lipinski definition) is 1. The van der Waals surface area contributed by atoms with Gasteiger partial charge in [-0.25, -0.2) is 0 Å². The van der Waals surface area contributed by atoms with E-state index in [9.17, 15) is 20.2 Å². The Bertz CT molecular complexity index is 1050. The minimum atomic E-state index is -0.527. The lowest BCUT2D eigenvalue weighted by molar-refractivity contribution is -0.384. The fourth-order valence-electron chi connectivity index (χ4n) is 2.27. The first-order chi connectivity index (χ1) is 11.5. The Morgan fingerprint density at radius 1 is 1.25 bits per heavy atom. The van der Waals surface area contributed by atoms with Crippen LogP contribution in [0.3, 0.4) is 0 Å². The van der Waals surface area contributed by atoms with Gasteiger partial charge in [0.25, 0.3) is 11.2 Å². The normalized spacial score (nSPS) is 10.3. The zero-order chi connectivity index (χ0) is 17.3. The quantitative estimate of drug-likeness (QED) is 0.521. The fourth-order valence-corrected chi connectivity index (χ4v) is 3.68. The molecule has 8 heteroatoms. The molecule has 0 spiro atoms. The van der Waals surface area contributed by atoms with Gasteiger partial charge in [-0.3, -0.25) is 14.9 Å². The molecule has 2 aromatic heterocycles. The maximum Gasteiger partial charge on any atom is 0.270 e. The molecule has 0 aliphatic heterocycles. The Balaban J connectivity index is 2.23. The summed E-state index contributed by atoms with van der Waals surface area (Å²) in [7, 11) is 0. The monoisotopic (exact) mass is 401 g/mol. The molecule has 0 unspecified atom stereocenters. The van der Waals surface area contributed by atoms with Crippen LogP contribution in [0.5, 0.6) is 0 Å². The maximum absolute atomic E-state index is 12.2. The number of nitriles is 1. The first-order valence-corrected chi connectivity index (χ1v) is 8.28. The summed E-state index contributed by atoms with van der Waals surface area (Å²) in [5.41, 5.74) is 0.834. The van der Waals surface area contributed by atoms with Gasteiger partial charge in [-0.05, 0) is 34.1 Å². The molecule has 3 aromatic rings. The Morgan fingerprint density at radius 2 is 2.04 bits per heavy atom. The molecule has 0 saturated heterocycles. The van der Waals surface area contributed by atoms with Gasteiger partial charge >= 0.3 is 0 Å². The number of nitro groups is 1. The molecule has 0 aliphatic rings. The number of H-pyrrole nitrogens is 1. The van der Waals surface area contributed by atoms with E-state index < -0.39 is 10.5 Å². The van der Waals surface area contributed by atoms with E-state index in [-0.39, 0.29) is 11.3 Å². The van der Waals surface area contributed by atoms with Crippen molar-refractivity contribution < 1.29 is 4.92 Å². The third-order valence-corrected chi connectivity index (χ3v) is 5.01. The highest BCUT2D eigenvalue weighted by Gasteiger charge is 2.15. The summed E-state index contributed by atoms with van der Waals surface area (Å²) in [6.07, 6.45) is 0. The van der Waals surface area contributed by atoms with Gasteiger partial charge in [0, 0.05) is 33.8 Å². The van der Waals surface area contributed by atoms with Crippen LogP contribution >= 0.6 is 27.3 Å². The zero-order valence-corrected chi connectivity index (χ0v) is 14.3. The van der Waals surface area contributed by atoms with Gasteiger partial charge in [-0.2, -0.15) is 5.26 Å². The standard InChI is InChI=1S/C16H8BrN3O3S/c17-15-5-4-14(24-15)11-7-13(19-16(21)12(11)8-18)9-2-1-3-10(6-9)20(22)23/h1-7H,(H,19,21). The van der Waals surface area contributed by atoms with E-state index in [0.717, 1.165) is 8.66 Å². The average molecular weight is 402 g/mol. The molecule has 1 aromatic carbocycles. The van der Waals surface area contributed by atoms with E-state index in [2.05, 4.69) is 20.9 Å². The molecule has 3 rings (SSSR count). The number of benzene rings is 1. The van der Waals surface area contributed by atoms with Crippen molar-refractivity contribution in [3.63, 3.8) is 0 Å². The molecule has 6 nitrogen and oxygen atoms in total. The van der Waals surface area contributed by atoms with Gasteiger partial charge in [-0.15, -0.1) is 11.3 Å². The van der Waals surface area contributed by atoms with Crippen LogP contribution in [-0.4, -0.2) is 9.91 Å². The molecule has 0 fully saturated rings. The number of non-ortho nitro benzene ring substituents is 1. The van der Waals surface area contributed by atoms with Gasteiger partial charge in [0.05, 0.1) is 8.71 Å². The number of aromatic nitrogens is 1. The zero-order valence-electron chi connectivity index (χ0n) is 11.9. The van der Waals surface area contributed by atoms with Crippen LogP contribution in [0, 0.1) is 21.4 Å². The predicted octanol–water partition coefficient (Wildman–Crippen LogP) is 4.31. The Hall–Kier alpha value is -2.76. The van der Waals surface area contributed by atoms with Gasteiger partial charge in [0.1, 0.15) is 11.6 Å². The number of nitro benzene ring substituents is 1. The van der Waals surface area contributed by atoms with Gasteiger partial charge in [0.2, 0.25) is 0 Å². The molecule has 0 saturated carbocycles. The van der Waals surface area contributed by atoms with Crippen molar-refractivity contribution in [2.45, 2.75) is 0 Å². The third-order valence-electron chi connectivity index (χ3n) is 3.35. The smallest absolute Gasteiger partial charge is 0.270 e. The van der Waals surface area contributed by atoms with Crippen LogP contribution in [0.1, 0.15) is 5.56 Å². The van der Waals surface area contributed by atoms with Gasteiger partial charge in [-0.1, -0.05) is 12.1 Å². The van der Waals surface area contributed by atoms with Crippen LogP contribution in [0.25, 0.3) is 21.7 Å². The summed E-state index contributed by atoms with van der Waals surface area (Å²) in [4.78, 5) is 26.1. The maximum atomic E-state index is 12.2. The summed E-state index contributed by atoms with van der Waals surface area (Å²) in [5, 5.41) is 20.2. The largest absolute Gasteiger partial charge is 0.321 e. The molecular formula is C16H8BrN3O3S. The first kappa shape index (κ1) is 16.1. The molecule has 0 amide bonds. The summed E-state index contributed by atoms with van der Waals surface area (Å²) in [6.45, 7) is 0. The lowest BCUT2D eigenvalue weighted by Crippen LogP contribution is -2.12. The van der Waals surface area contributed by atoms with Crippen molar-refractivity contribution in [2.24, 2.45) is 0 Å². The van der Waals surface area contributed by atoms with Crippen molar-refractivity contribution in [3.05, 3.63) is 72.3 Å². The molecule has 2 heterocycles. The number of aromatic amines is 1. The number of thiophene rings is 1. The molecule has 0 radical (unpaired) electrons. The van der Waals surface area contributed by atoms with Crippen LogP contribution < -0.4 is 5.56 Å². The summed E-state index contributed by atoms with van der Waals surface area (Å²) in [5.74, 6) is 0. The summed E-state index contributed by atoms with van der Waals surface area (Å²) >= 11 is 4.75. The fraction of sp³-hybridized carbons (Fsp3) is 0. The number of rotatable bonds is 3. The highest BCUT2D eigenvalue weighted by Crippen LogP contribution is 2.34. The second-order valence-corrected chi connectivity index (χ2v) is 7.29. The van der Waals surface area contributed by atoms with E-state index in [0.29, 0.717) is 16.8 Å². The highest BCUT2D eigenvalue weighted by atomic mass is 79.9. The second-order valence-electron chi connectivity index (χ2n) is 4.82. The van der Waals surface area contributed by atoms with Crippen molar-refractivity contribution in [1.29, 1.82) is 5.26 Å². The molecular weight excluding hydrogens is 394 g/mol. The van der Waals surface area contributed by atoms with E-state index in [1.807, 2.05) is 18.2 Å². The number of nitrogens with one attached hydrogen (secondary N) is 1. The predicted molar refractivity (Wildman–Crippen MR) is 94.9 cm³/mol. The third kappa shape index (κ3) is 2.99. The second kappa shape index (κ2) is 6.39. The topological polar surface area (TPSA) is 99.8 Å². The summed E-state index contributed by atoms with van der Waals surface area (Å²) < 4.78 is 0.874. The van der Waals surface area contributed by atoms with Gasteiger partial charge in [0.15, 0.2) is 0 Å².